The molecule has 2 saturated heterocycles. The van der Waals surface area contributed by atoms with E-state index in [0.717, 1.165) is 0 Å². The van der Waals surface area contributed by atoms with Crippen LogP contribution in [0.4, 0.5) is 5.13 Å². The molecule has 9 nitrogen and oxygen atoms in total. The van der Waals surface area contributed by atoms with Crippen LogP contribution in [0.3, 0.4) is 0 Å². The number of thiazole rings is 1. The number of hydrogen-bond acceptors (Lipinski definition) is 9. The second kappa shape index (κ2) is 7.96. The smallest absolute Gasteiger partial charge is 0.543 e. The van der Waals surface area contributed by atoms with Crippen LogP contribution in [0.25, 0.3) is 0 Å². The van der Waals surface area contributed by atoms with Crippen molar-refractivity contribution >= 4 is 46.0 Å². The number of amides is 2. The van der Waals surface area contributed by atoms with Gasteiger partial charge in [-0.15, -0.1) is 23.1 Å². The predicted molar refractivity (Wildman–Crippen MR) is 96.7 cm³/mol. The zero-order valence-electron chi connectivity index (χ0n) is 15.3. The van der Waals surface area contributed by atoms with Crippen LogP contribution in [0.2, 0.25) is 0 Å². The predicted octanol–water partition coefficient (Wildman–Crippen LogP) is -4.26. The van der Waals surface area contributed by atoms with Crippen molar-refractivity contribution in [1.29, 1.82) is 0 Å². The molecule has 1 aromatic heterocycles. The Balaban J connectivity index is 0.00000225. The van der Waals surface area contributed by atoms with E-state index in [2.05, 4.69) is 4.98 Å². The molecule has 144 valence electrons. The summed E-state index contributed by atoms with van der Waals surface area (Å²) in [4.78, 5) is 42.9. The fourth-order valence-corrected chi connectivity index (χ4v) is 6.03. The number of carboxylic acids is 1. The molecule has 0 aliphatic carbocycles. The van der Waals surface area contributed by atoms with Gasteiger partial charge in [-0.25, -0.2) is 4.98 Å². The number of fused-ring (bicyclic) bond motifs is 1. The Morgan fingerprint density at radius 3 is 2.68 bits per heavy atom. The van der Waals surface area contributed by atoms with Crippen LogP contribution >= 0.6 is 23.1 Å². The molecule has 0 radical (unpaired) electrons. The number of carbonyl (C=O) groups excluding carboxylic acids is 3. The zero-order chi connectivity index (χ0) is 19.5. The van der Waals surface area contributed by atoms with Gasteiger partial charge in [0.2, 0.25) is 5.91 Å². The number of nitrogens with zero attached hydrogens (tertiary/aromatic N) is 3. The summed E-state index contributed by atoms with van der Waals surface area (Å²) in [6.45, 7) is 2.85. The van der Waals surface area contributed by atoms with Crippen molar-refractivity contribution < 1.29 is 54.2 Å². The molecule has 0 spiro atoms. The summed E-state index contributed by atoms with van der Waals surface area (Å²) in [6.07, 6.45) is -0.385. The molecule has 4 heterocycles. The Hall–Kier alpha value is -1.11. The summed E-state index contributed by atoms with van der Waals surface area (Å²) in [5.41, 5.74) is 5.38. The first kappa shape index (κ1) is 21.6. The van der Waals surface area contributed by atoms with Crippen molar-refractivity contribution in [3.8, 4) is 0 Å². The number of aromatic nitrogens is 1. The molecule has 12 heteroatoms. The van der Waals surface area contributed by atoms with Crippen molar-refractivity contribution in [2.45, 2.75) is 30.7 Å². The molecule has 3 aliphatic rings. The van der Waals surface area contributed by atoms with E-state index in [9.17, 15) is 24.6 Å². The van der Waals surface area contributed by atoms with Crippen LogP contribution in [0.1, 0.15) is 23.8 Å². The molecule has 2 unspecified atom stereocenters. The second-order valence-corrected chi connectivity index (χ2v) is 9.06. The van der Waals surface area contributed by atoms with Gasteiger partial charge in [0.1, 0.15) is 5.69 Å². The van der Waals surface area contributed by atoms with Gasteiger partial charge in [-0.1, -0.05) is 0 Å². The van der Waals surface area contributed by atoms with Crippen LogP contribution < -0.4 is 45.3 Å². The number of β-lactam (4-membered cyclic amide) rings is 1. The average molecular weight is 432 g/mol. The third-order valence-electron chi connectivity index (χ3n) is 5.05. The average Bonchev–Trinajstić information content (AvgIpc) is 3.13. The van der Waals surface area contributed by atoms with Gasteiger partial charge >= 0.3 is 29.6 Å². The molecular weight excluding hydrogens is 415 g/mol. The molecule has 2 fully saturated rings. The fourth-order valence-electron chi connectivity index (χ4n) is 3.72. The monoisotopic (exact) mass is 432 g/mol. The topological polar surface area (TPSA) is 140 Å². The summed E-state index contributed by atoms with van der Waals surface area (Å²) in [6, 6.07) is -0.304. The van der Waals surface area contributed by atoms with Crippen molar-refractivity contribution in [3.05, 3.63) is 21.7 Å². The molecule has 0 bridgehead atoms. The van der Waals surface area contributed by atoms with Gasteiger partial charge in [-0.05, 0) is 6.92 Å². The van der Waals surface area contributed by atoms with E-state index in [1.807, 2.05) is 4.90 Å². The standard InChI is InChI=1S/C16H18N4O5S2.Na/c1-6(21)11-9-2-10(12(15(24)25)20(9)14(11)23)27-7-3-19(4-7)16-18-8(5-26-16)13(17)22;/h5-7,9,11,21H,2-4H2,1H3,(H2,17,22)(H,24,25);/q;+1/p-1/t6-,9?,11?;/m0./s1. The number of nitrogens with two attached hydrogens (primary N) is 1. The normalized spacial score (nSPS) is 25.0. The maximum absolute atomic E-state index is 12.2. The Kier molecular flexibility index (Phi) is 6.14. The quantitative estimate of drug-likeness (QED) is 0.340. The number of aliphatic carboxylic acids is 1. The van der Waals surface area contributed by atoms with Gasteiger partial charge in [0, 0.05) is 35.0 Å². The second-order valence-electron chi connectivity index (χ2n) is 6.83. The Labute approximate surface area is 191 Å². The van der Waals surface area contributed by atoms with Gasteiger partial charge < -0.3 is 30.5 Å². The number of anilines is 1. The van der Waals surface area contributed by atoms with Gasteiger partial charge in [0.15, 0.2) is 5.13 Å². The number of aliphatic hydroxyl groups is 1. The molecule has 28 heavy (non-hydrogen) atoms. The van der Waals surface area contributed by atoms with E-state index in [1.54, 1.807) is 12.3 Å². The van der Waals surface area contributed by atoms with E-state index < -0.39 is 23.9 Å². The molecule has 1 aromatic rings. The van der Waals surface area contributed by atoms with E-state index >= 15 is 0 Å². The first-order chi connectivity index (χ1) is 12.8. The molecular formula is C16H17N4NaO5S2. The Morgan fingerprint density at radius 2 is 2.14 bits per heavy atom. The van der Waals surface area contributed by atoms with E-state index in [4.69, 9.17) is 5.73 Å². The Bertz CT molecular complexity index is 867. The fraction of sp³-hybridized carbons (Fsp3) is 0.500. The largest absolute Gasteiger partial charge is 1.00 e. The maximum Gasteiger partial charge on any atom is 1.00 e. The SMILES string of the molecule is C[C@H](O)C1C(=O)N2C(C(=O)[O-])=C(SC3CN(c4nc(C(N)=O)cs4)C3)CC12.[Na+]. The summed E-state index contributed by atoms with van der Waals surface area (Å²) in [5.74, 6) is -2.85. The minimum Gasteiger partial charge on any atom is -0.543 e. The van der Waals surface area contributed by atoms with Gasteiger partial charge in [-0.2, -0.15) is 0 Å². The molecule has 0 saturated carbocycles. The molecule has 4 rings (SSSR count). The van der Waals surface area contributed by atoms with E-state index in [1.165, 1.54) is 28.0 Å². The number of carboxylic acid groups (broad SMARTS) is 1. The van der Waals surface area contributed by atoms with Gasteiger partial charge in [-0.3, -0.25) is 9.59 Å². The number of rotatable bonds is 6. The van der Waals surface area contributed by atoms with E-state index in [-0.39, 0.29) is 58.1 Å². The zero-order valence-corrected chi connectivity index (χ0v) is 19.0. The molecule has 3 N–H and O–H groups in total. The van der Waals surface area contributed by atoms with Crippen molar-refractivity contribution in [2.75, 3.05) is 18.0 Å². The molecule has 2 amide bonds. The number of hydrogen-bond donors (Lipinski definition) is 2. The van der Waals surface area contributed by atoms with Crippen LogP contribution in [-0.2, 0) is 9.59 Å². The van der Waals surface area contributed by atoms with Crippen LogP contribution in [0.15, 0.2) is 16.0 Å². The molecule has 0 aromatic carbocycles. The Morgan fingerprint density at radius 1 is 1.46 bits per heavy atom. The minimum absolute atomic E-state index is 0. The van der Waals surface area contributed by atoms with Crippen LogP contribution in [0, 0.1) is 5.92 Å². The third-order valence-corrected chi connectivity index (χ3v) is 7.23. The summed E-state index contributed by atoms with van der Waals surface area (Å²) < 4.78 is 0. The van der Waals surface area contributed by atoms with Gasteiger partial charge in [0.25, 0.3) is 5.91 Å². The van der Waals surface area contributed by atoms with Gasteiger partial charge in [0.05, 0.1) is 29.7 Å². The maximum atomic E-state index is 12.2. The van der Waals surface area contributed by atoms with Crippen LogP contribution in [-0.4, -0.2) is 63.3 Å². The summed E-state index contributed by atoms with van der Waals surface area (Å²) >= 11 is 2.77. The van der Waals surface area contributed by atoms with E-state index in [0.29, 0.717) is 29.5 Å². The minimum atomic E-state index is -1.36. The summed E-state index contributed by atoms with van der Waals surface area (Å²) in [5, 5.41) is 23.8. The summed E-state index contributed by atoms with van der Waals surface area (Å²) in [7, 11) is 0. The molecule has 3 aliphatic heterocycles. The molecule has 3 atom stereocenters. The number of carbonyl (C=O) groups is 3. The van der Waals surface area contributed by atoms with Crippen molar-refractivity contribution in [3.63, 3.8) is 0 Å². The number of primary amides is 1. The third kappa shape index (κ3) is 3.48. The van der Waals surface area contributed by atoms with Crippen LogP contribution in [0.5, 0.6) is 0 Å². The first-order valence-electron chi connectivity index (χ1n) is 8.40. The number of aliphatic hydroxyl groups excluding tert-OH is 1. The first-order valence-corrected chi connectivity index (χ1v) is 10.2. The van der Waals surface area contributed by atoms with Crippen molar-refractivity contribution in [1.82, 2.24) is 9.88 Å². The number of thioether (sulfide) groups is 1. The van der Waals surface area contributed by atoms with Crippen molar-refractivity contribution in [2.24, 2.45) is 11.7 Å².